The quantitative estimate of drug-likeness (QED) is 0.324. The van der Waals surface area contributed by atoms with Crippen molar-refractivity contribution in [1.82, 2.24) is 0 Å². The zero-order valence-corrected chi connectivity index (χ0v) is 15.9. The number of aliphatic hydroxyl groups is 2. The second-order valence-corrected chi connectivity index (χ2v) is 6.57. The summed E-state index contributed by atoms with van der Waals surface area (Å²) in [6.45, 7) is 3.00. The Labute approximate surface area is 151 Å². The lowest BCUT2D eigenvalue weighted by atomic mass is 10.1. The van der Waals surface area contributed by atoms with Crippen LogP contribution in [0, 0.1) is 0 Å². The van der Waals surface area contributed by atoms with Crippen LogP contribution >= 0.6 is 0 Å². The molecule has 0 radical (unpaired) electrons. The molecule has 0 aromatic rings. The molecule has 0 aliphatic rings. The Hall–Kier alpha value is -1.14. The Morgan fingerprint density at radius 2 is 1.28 bits per heavy atom. The molecular weight excluding hydrogens is 324 g/mol. The lowest BCUT2D eigenvalue weighted by Crippen LogP contribution is -2.28. The molecule has 2 unspecified atom stereocenters. The summed E-state index contributed by atoms with van der Waals surface area (Å²) in [6.07, 6.45) is 10.1. The molecule has 0 spiro atoms. The van der Waals surface area contributed by atoms with Crippen molar-refractivity contribution >= 4 is 11.9 Å². The molecule has 25 heavy (non-hydrogen) atoms. The van der Waals surface area contributed by atoms with E-state index in [0.29, 0.717) is 6.42 Å². The number of hydrogen-bond acceptors (Lipinski definition) is 6. The SMILES string of the molecule is CCCCCCCCCCCCC(=O)OCC(O)COC(=O)C(C)O. The van der Waals surface area contributed by atoms with Gasteiger partial charge in [-0.15, -0.1) is 0 Å². The van der Waals surface area contributed by atoms with E-state index in [4.69, 9.17) is 9.84 Å². The van der Waals surface area contributed by atoms with E-state index in [9.17, 15) is 14.7 Å². The standard InChI is InChI=1S/C19H36O6/c1-3-4-5-6-7-8-9-10-11-12-13-18(22)24-14-17(21)15-25-19(23)16(2)20/h16-17,20-21H,3-15H2,1-2H3. The third-order valence-corrected chi connectivity index (χ3v) is 3.93. The van der Waals surface area contributed by atoms with Crippen LogP contribution in [0.1, 0.15) is 84.5 Å². The highest BCUT2D eigenvalue weighted by molar-refractivity contribution is 5.73. The predicted molar refractivity (Wildman–Crippen MR) is 96.1 cm³/mol. The number of esters is 2. The third kappa shape index (κ3) is 16.1. The van der Waals surface area contributed by atoms with Gasteiger partial charge in [0.25, 0.3) is 0 Å². The molecule has 0 aromatic carbocycles. The van der Waals surface area contributed by atoms with Crippen molar-refractivity contribution in [2.75, 3.05) is 13.2 Å². The smallest absolute Gasteiger partial charge is 0.334 e. The summed E-state index contributed by atoms with van der Waals surface area (Å²) in [5, 5.41) is 18.5. The first-order valence-electron chi connectivity index (χ1n) is 9.65. The number of aliphatic hydroxyl groups excluding tert-OH is 2. The highest BCUT2D eigenvalue weighted by atomic mass is 16.6. The average Bonchev–Trinajstić information content (AvgIpc) is 2.59. The first-order chi connectivity index (χ1) is 12.0. The van der Waals surface area contributed by atoms with Gasteiger partial charge < -0.3 is 19.7 Å². The Morgan fingerprint density at radius 1 is 0.800 bits per heavy atom. The van der Waals surface area contributed by atoms with E-state index in [2.05, 4.69) is 11.7 Å². The van der Waals surface area contributed by atoms with Gasteiger partial charge in [-0.1, -0.05) is 64.7 Å². The van der Waals surface area contributed by atoms with Crippen LogP contribution in [0.5, 0.6) is 0 Å². The first-order valence-corrected chi connectivity index (χ1v) is 9.65. The minimum absolute atomic E-state index is 0.205. The van der Waals surface area contributed by atoms with E-state index in [1.807, 2.05) is 0 Å². The molecular formula is C19H36O6. The molecule has 2 atom stereocenters. The van der Waals surface area contributed by atoms with Crippen molar-refractivity contribution in [1.29, 1.82) is 0 Å². The summed E-state index contributed by atoms with van der Waals surface area (Å²) in [5.74, 6) is -1.16. The van der Waals surface area contributed by atoms with Gasteiger partial charge in [-0.05, 0) is 13.3 Å². The molecule has 0 rings (SSSR count). The molecule has 0 bridgehead atoms. The van der Waals surface area contributed by atoms with Crippen molar-refractivity contribution in [3.63, 3.8) is 0 Å². The molecule has 2 N–H and O–H groups in total. The van der Waals surface area contributed by atoms with Gasteiger partial charge in [-0.2, -0.15) is 0 Å². The largest absolute Gasteiger partial charge is 0.463 e. The van der Waals surface area contributed by atoms with E-state index < -0.39 is 18.2 Å². The number of carbonyl (C=O) groups is 2. The normalized spacial score (nSPS) is 13.3. The van der Waals surface area contributed by atoms with Gasteiger partial charge in [-0.3, -0.25) is 4.79 Å². The van der Waals surface area contributed by atoms with Gasteiger partial charge in [0.15, 0.2) is 0 Å². The Morgan fingerprint density at radius 3 is 1.80 bits per heavy atom. The van der Waals surface area contributed by atoms with Crippen molar-refractivity contribution in [3.05, 3.63) is 0 Å². The molecule has 0 saturated heterocycles. The molecule has 0 amide bonds. The summed E-state index contributed by atoms with van der Waals surface area (Å²) in [5.41, 5.74) is 0. The summed E-state index contributed by atoms with van der Waals surface area (Å²) >= 11 is 0. The van der Waals surface area contributed by atoms with Gasteiger partial charge in [0, 0.05) is 6.42 Å². The zero-order chi connectivity index (χ0) is 18.9. The molecule has 6 heteroatoms. The second kappa shape index (κ2) is 16.3. The van der Waals surface area contributed by atoms with Crippen LogP contribution < -0.4 is 0 Å². The van der Waals surface area contributed by atoms with E-state index in [1.165, 1.54) is 51.9 Å². The first kappa shape index (κ1) is 23.9. The Balaban J connectivity index is 3.42. The van der Waals surface area contributed by atoms with Crippen LogP contribution in [-0.2, 0) is 19.1 Å². The maximum absolute atomic E-state index is 11.5. The monoisotopic (exact) mass is 360 g/mol. The topological polar surface area (TPSA) is 93.1 Å². The van der Waals surface area contributed by atoms with Crippen LogP contribution in [0.2, 0.25) is 0 Å². The van der Waals surface area contributed by atoms with Crippen LogP contribution in [0.25, 0.3) is 0 Å². The fraction of sp³-hybridized carbons (Fsp3) is 0.895. The van der Waals surface area contributed by atoms with E-state index >= 15 is 0 Å². The van der Waals surface area contributed by atoms with Crippen LogP contribution in [-0.4, -0.2) is 47.6 Å². The van der Waals surface area contributed by atoms with Crippen molar-refractivity contribution in [2.45, 2.75) is 96.7 Å². The summed E-state index contributed by atoms with van der Waals surface area (Å²) in [7, 11) is 0. The molecule has 0 aliphatic carbocycles. The summed E-state index contributed by atoms with van der Waals surface area (Å²) in [6, 6.07) is 0. The maximum Gasteiger partial charge on any atom is 0.334 e. The lowest BCUT2D eigenvalue weighted by molar-refractivity contribution is -0.158. The summed E-state index contributed by atoms with van der Waals surface area (Å²) < 4.78 is 9.57. The van der Waals surface area contributed by atoms with Crippen LogP contribution in [0.15, 0.2) is 0 Å². The molecule has 0 saturated carbocycles. The average molecular weight is 360 g/mol. The van der Waals surface area contributed by atoms with E-state index in [-0.39, 0.29) is 19.2 Å². The third-order valence-electron chi connectivity index (χ3n) is 3.93. The van der Waals surface area contributed by atoms with E-state index in [1.54, 1.807) is 0 Å². The van der Waals surface area contributed by atoms with Gasteiger partial charge in [0.05, 0.1) is 0 Å². The van der Waals surface area contributed by atoms with E-state index in [0.717, 1.165) is 19.3 Å². The second-order valence-electron chi connectivity index (χ2n) is 6.57. The fourth-order valence-electron chi connectivity index (χ4n) is 2.37. The Bertz CT molecular complexity index is 343. The molecule has 0 aliphatic heterocycles. The van der Waals surface area contributed by atoms with Gasteiger partial charge >= 0.3 is 11.9 Å². The van der Waals surface area contributed by atoms with Gasteiger partial charge in [0.2, 0.25) is 0 Å². The molecule has 0 heterocycles. The Kier molecular flexibility index (Phi) is 15.6. The number of rotatable bonds is 16. The molecule has 0 fully saturated rings. The molecule has 6 nitrogen and oxygen atoms in total. The zero-order valence-electron chi connectivity index (χ0n) is 15.9. The van der Waals surface area contributed by atoms with Crippen LogP contribution in [0.3, 0.4) is 0 Å². The minimum atomic E-state index is -1.23. The lowest BCUT2D eigenvalue weighted by Gasteiger charge is -2.12. The molecule has 148 valence electrons. The number of hydrogen-bond donors (Lipinski definition) is 2. The van der Waals surface area contributed by atoms with Crippen molar-refractivity contribution < 1.29 is 29.3 Å². The number of carbonyl (C=O) groups excluding carboxylic acids is 2. The highest BCUT2D eigenvalue weighted by Crippen LogP contribution is 2.11. The number of ether oxygens (including phenoxy) is 2. The highest BCUT2D eigenvalue weighted by Gasteiger charge is 2.14. The van der Waals surface area contributed by atoms with Gasteiger partial charge in [-0.25, -0.2) is 4.79 Å². The van der Waals surface area contributed by atoms with Crippen molar-refractivity contribution in [2.24, 2.45) is 0 Å². The van der Waals surface area contributed by atoms with Gasteiger partial charge in [0.1, 0.15) is 25.4 Å². The molecule has 0 aromatic heterocycles. The fourth-order valence-corrected chi connectivity index (χ4v) is 2.37. The summed E-state index contributed by atoms with van der Waals surface area (Å²) in [4.78, 5) is 22.6. The predicted octanol–water partition coefficient (Wildman–Crippen LogP) is 3.13. The number of unbranched alkanes of at least 4 members (excludes halogenated alkanes) is 9. The van der Waals surface area contributed by atoms with Crippen LogP contribution in [0.4, 0.5) is 0 Å². The minimum Gasteiger partial charge on any atom is -0.463 e. The van der Waals surface area contributed by atoms with Crippen molar-refractivity contribution in [3.8, 4) is 0 Å². The maximum atomic E-state index is 11.5.